The van der Waals surface area contributed by atoms with Gasteiger partial charge in [0, 0.05) is 0 Å². The molecule has 0 aliphatic heterocycles. The molecule has 1 rings (SSSR count). The van der Waals surface area contributed by atoms with Crippen LogP contribution in [0.3, 0.4) is 0 Å². The molecule has 0 saturated heterocycles. The average molecular weight is 193 g/mol. The lowest BCUT2D eigenvalue weighted by molar-refractivity contribution is 0.267. The number of nitrogens with one attached hydrogen (secondary N) is 1. The molecule has 1 heteroatoms. The van der Waals surface area contributed by atoms with E-state index in [1.54, 1.807) is 0 Å². The summed E-state index contributed by atoms with van der Waals surface area (Å²) in [6.07, 6.45) is 12.3. The van der Waals surface area contributed by atoms with Crippen LogP contribution in [0.15, 0.2) is 0 Å². The third kappa shape index (κ3) is 4.15. The number of terminal acetylenes is 1. The van der Waals surface area contributed by atoms with Crippen LogP contribution in [-0.4, -0.2) is 12.6 Å². The predicted octanol–water partition coefficient (Wildman–Crippen LogP) is 2.81. The molecule has 3 atom stereocenters. The summed E-state index contributed by atoms with van der Waals surface area (Å²) in [7, 11) is 0. The second-order valence-electron chi connectivity index (χ2n) is 4.77. The van der Waals surface area contributed by atoms with E-state index in [-0.39, 0.29) is 6.04 Å². The molecule has 1 aliphatic carbocycles. The Morgan fingerprint density at radius 2 is 2.29 bits per heavy atom. The molecular weight excluding hydrogens is 170 g/mol. The van der Waals surface area contributed by atoms with Gasteiger partial charge in [-0.15, -0.1) is 6.42 Å². The van der Waals surface area contributed by atoms with Crippen molar-refractivity contribution in [3.8, 4) is 12.3 Å². The first kappa shape index (κ1) is 11.6. The van der Waals surface area contributed by atoms with Crippen molar-refractivity contribution in [3.63, 3.8) is 0 Å². The number of rotatable bonds is 4. The monoisotopic (exact) mass is 193 g/mol. The average Bonchev–Trinajstić information content (AvgIpc) is 2.17. The lowest BCUT2D eigenvalue weighted by Gasteiger charge is -2.26. The zero-order chi connectivity index (χ0) is 10.4. The number of hydrogen-bond acceptors (Lipinski definition) is 1. The van der Waals surface area contributed by atoms with E-state index < -0.39 is 0 Å². The van der Waals surface area contributed by atoms with Crippen LogP contribution in [0.5, 0.6) is 0 Å². The van der Waals surface area contributed by atoms with Crippen molar-refractivity contribution in [3.05, 3.63) is 0 Å². The van der Waals surface area contributed by atoms with E-state index in [1.165, 1.54) is 32.1 Å². The van der Waals surface area contributed by atoms with Crippen LogP contribution < -0.4 is 5.32 Å². The van der Waals surface area contributed by atoms with Gasteiger partial charge >= 0.3 is 0 Å². The molecule has 1 aliphatic rings. The van der Waals surface area contributed by atoms with Crippen LogP contribution in [0.2, 0.25) is 0 Å². The smallest absolute Gasteiger partial charge is 0.0658 e. The van der Waals surface area contributed by atoms with Crippen LogP contribution in [0.1, 0.15) is 46.0 Å². The molecule has 0 aromatic rings. The van der Waals surface area contributed by atoms with Gasteiger partial charge in [0.15, 0.2) is 0 Å². The molecule has 1 N–H and O–H groups in total. The van der Waals surface area contributed by atoms with Crippen LogP contribution in [-0.2, 0) is 0 Å². The summed E-state index contributed by atoms with van der Waals surface area (Å²) in [6.45, 7) is 5.51. The van der Waals surface area contributed by atoms with Gasteiger partial charge < -0.3 is 5.32 Å². The van der Waals surface area contributed by atoms with Crippen molar-refractivity contribution in [1.82, 2.24) is 5.32 Å². The lowest BCUT2D eigenvalue weighted by Crippen LogP contribution is -2.27. The normalized spacial score (nSPS) is 29.5. The molecule has 0 aromatic carbocycles. The van der Waals surface area contributed by atoms with Crippen molar-refractivity contribution < 1.29 is 0 Å². The zero-order valence-electron chi connectivity index (χ0n) is 9.55. The maximum Gasteiger partial charge on any atom is 0.0658 e. The van der Waals surface area contributed by atoms with Crippen LogP contribution in [0, 0.1) is 24.2 Å². The fraction of sp³-hybridized carbons (Fsp3) is 0.846. The highest BCUT2D eigenvalue weighted by Crippen LogP contribution is 2.30. The Labute approximate surface area is 88.7 Å². The van der Waals surface area contributed by atoms with E-state index >= 15 is 0 Å². The highest BCUT2D eigenvalue weighted by Gasteiger charge is 2.18. The summed E-state index contributed by atoms with van der Waals surface area (Å²) in [5.41, 5.74) is 0. The molecule has 1 fully saturated rings. The van der Waals surface area contributed by atoms with Crippen molar-refractivity contribution in [2.24, 2.45) is 11.8 Å². The predicted molar refractivity (Wildman–Crippen MR) is 62.0 cm³/mol. The van der Waals surface area contributed by atoms with E-state index in [1.807, 2.05) is 6.92 Å². The summed E-state index contributed by atoms with van der Waals surface area (Å²) in [4.78, 5) is 0. The minimum Gasteiger partial charge on any atom is -0.304 e. The Bertz CT molecular complexity index is 192. The fourth-order valence-electron chi connectivity index (χ4n) is 2.38. The SMILES string of the molecule is C#CC(C)NCCC1CCCC(C)C1. The van der Waals surface area contributed by atoms with Gasteiger partial charge in [0.1, 0.15) is 0 Å². The van der Waals surface area contributed by atoms with Gasteiger partial charge in [-0.2, -0.15) is 0 Å². The van der Waals surface area contributed by atoms with E-state index in [4.69, 9.17) is 6.42 Å². The molecule has 3 unspecified atom stereocenters. The molecule has 1 saturated carbocycles. The Morgan fingerprint density at radius 3 is 2.93 bits per heavy atom. The Hall–Kier alpha value is -0.480. The van der Waals surface area contributed by atoms with Gasteiger partial charge in [0.2, 0.25) is 0 Å². The maximum absolute atomic E-state index is 5.30. The Balaban J connectivity index is 2.09. The lowest BCUT2D eigenvalue weighted by atomic mass is 9.81. The van der Waals surface area contributed by atoms with Gasteiger partial charge in [-0.1, -0.05) is 32.1 Å². The third-order valence-electron chi connectivity index (χ3n) is 3.30. The first-order valence-corrected chi connectivity index (χ1v) is 5.92. The molecule has 0 bridgehead atoms. The highest BCUT2D eigenvalue weighted by molar-refractivity contribution is 4.95. The fourth-order valence-corrected chi connectivity index (χ4v) is 2.38. The first-order chi connectivity index (χ1) is 6.72. The molecule has 0 radical (unpaired) electrons. The van der Waals surface area contributed by atoms with Crippen molar-refractivity contribution >= 4 is 0 Å². The Morgan fingerprint density at radius 1 is 1.50 bits per heavy atom. The molecule has 80 valence electrons. The molecule has 1 nitrogen and oxygen atoms in total. The molecule has 14 heavy (non-hydrogen) atoms. The van der Waals surface area contributed by atoms with Gasteiger partial charge in [-0.05, 0) is 38.1 Å². The highest BCUT2D eigenvalue weighted by atomic mass is 14.9. The first-order valence-electron chi connectivity index (χ1n) is 5.92. The van der Waals surface area contributed by atoms with Crippen molar-refractivity contribution in [2.45, 2.75) is 52.0 Å². The summed E-state index contributed by atoms with van der Waals surface area (Å²) < 4.78 is 0. The summed E-state index contributed by atoms with van der Waals surface area (Å²) >= 11 is 0. The minimum absolute atomic E-state index is 0.232. The topological polar surface area (TPSA) is 12.0 Å². The van der Waals surface area contributed by atoms with E-state index in [9.17, 15) is 0 Å². The third-order valence-corrected chi connectivity index (χ3v) is 3.30. The molecule has 0 spiro atoms. The zero-order valence-corrected chi connectivity index (χ0v) is 9.55. The minimum atomic E-state index is 0.232. The largest absolute Gasteiger partial charge is 0.304 e. The van der Waals surface area contributed by atoms with Gasteiger partial charge in [-0.25, -0.2) is 0 Å². The summed E-state index contributed by atoms with van der Waals surface area (Å²) in [5.74, 6) is 4.58. The molecule has 0 aromatic heterocycles. The summed E-state index contributed by atoms with van der Waals surface area (Å²) in [5, 5.41) is 3.36. The van der Waals surface area contributed by atoms with Crippen LogP contribution >= 0.6 is 0 Å². The van der Waals surface area contributed by atoms with Crippen LogP contribution in [0.25, 0.3) is 0 Å². The van der Waals surface area contributed by atoms with Gasteiger partial charge in [0.05, 0.1) is 6.04 Å². The second-order valence-corrected chi connectivity index (χ2v) is 4.77. The van der Waals surface area contributed by atoms with E-state index in [0.717, 1.165) is 18.4 Å². The molecule has 0 heterocycles. The quantitative estimate of drug-likeness (QED) is 0.677. The van der Waals surface area contributed by atoms with Crippen LogP contribution in [0.4, 0.5) is 0 Å². The maximum atomic E-state index is 5.30. The summed E-state index contributed by atoms with van der Waals surface area (Å²) in [6, 6.07) is 0.232. The molecule has 0 amide bonds. The van der Waals surface area contributed by atoms with Crippen molar-refractivity contribution in [2.75, 3.05) is 6.54 Å². The van der Waals surface area contributed by atoms with Gasteiger partial charge in [0.25, 0.3) is 0 Å². The Kier molecular flexibility index (Phi) is 5.04. The second kappa shape index (κ2) is 6.09. The van der Waals surface area contributed by atoms with Crippen molar-refractivity contribution in [1.29, 1.82) is 0 Å². The van der Waals surface area contributed by atoms with Gasteiger partial charge in [-0.3, -0.25) is 0 Å². The van der Waals surface area contributed by atoms with E-state index in [2.05, 4.69) is 18.2 Å². The van der Waals surface area contributed by atoms with E-state index in [0.29, 0.717) is 0 Å². The number of hydrogen-bond donors (Lipinski definition) is 1. The standard InChI is InChI=1S/C13H23N/c1-4-12(3)14-9-8-13-7-5-6-11(2)10-13/h1,11-14H,5-10H2,2-3H3. The molecular formula is C13H23N.